The standard InChI is InChI=1S/C15H33N3/c1-6-16-14(9-8-13(2)3)15-12-17(4)10-7-11-18(15)5/h13-16H,6-12H2,1-5H3. The third-order valence-electron chi connectivity index (χ3n) is 4.10. The summed E-state index contributed by atoms with van der Waals surface area (Å²) in [6, 6.07) is 1.30. The van der Waals surface area contributed by atoms with Gasteiger partial charge in [-0.05, 0) is 58.9 Å². The van der Waals surface area contributed by atoms with E-state index in [4.69, 9.17) is 0 Å². The molecule has 1 heterocycles. The van der Waals surface area contributed by atoms with Gasteiger partial charge in [0.2, 0.25) is 0 Å². The van der Waals surface area contributed by atoms with Crippen molar-refractivity contribution in [2.45, 2.75) is 52.1 Å². The van der Waals surface area contributed by atoms with E-state index in [-0.39, 0.29) is 0 Å². The molecule has 1 aliphatic heterocycles. The number of likely N-dealkylation sites (N-methyl/N-ethyl adjacent to an activating group) is 3. The molecular formula is C15H33N3. The molecule has 0 aromatic rings. The molecule has 0 amide bonds. The van der Waals surface area contributed by atoms with Gasteiger partial charge in [-0.3, -0.25) is 0 Å². The Morgan fingerprint density at radius 3 is 2.50 bits per heavy atom. The summed E-state index contributed by atoms with van der Waals surface area (Å²) >= 11 is 0. The minimum atomic E-state index is 0.642. The van der Waals surface area contributed by atoms with E-state index in [2.05, 4.69) is 50.0 Å². The van der Waals surface area contributed by atoms with E-state index in [1.54, 1.807) is 0 Å². The van der Waals surface area contributed by atoms with Gasteiger partial charge in [0.1, 0.15) is 0 Å². The number of rotatable bonds is 6. The molecule has 1 fully saturated rings. The van der Waals surface area contributed by atoms with Gasteiger partial charge in [0.25, 0.3) is 0 Å². The summed E-state index contributed by atoms with van der Waals surface area (Å²) in [5, 5.41) is 3.72. The van der Waals surface area contributed by atoms with Crippen LogP contribution in [-0.4, -0.2) is 62.2 Å². The molecule has 0 aromatic heterocycles. The first-order valence-corrected chi connectivity index (χ1v) is 7.66. The normalized spacial score (nSPS) is 25.3. The van der Waals surface area contributed by atoms with E-state index in [0.717, 1.165) is 12.5 Å². The smallest absolute Gasteiger partial charge is 0.0373 e. The second kappa shape index (κ2) is 8.13. The van der Waals surface area contributed by atoms with Gasteiger partial charge in [0, 0.05) is 18.6 Å². The lowest BCUT2D eigenvalue weighted by molar-refractivity contribution is 0.169. The van der Waals surface area contributed by atoms with E-state index in [9.17, 15) is 0 Å². The van der Waals surface area contributed by atoms with Gasteiger partial charge in [-0.2, -0.15) is 0 Å². The maximum atomic E-state index is 3.72. The molecule has 2 unspecified atom stereocenters. The molecule has 0 aliphatic carbocycles. The molecule has 108 valence electrons. The van der Waals surface area contributed by atoms with Crippen LogP contribution in [0.5, 0.6) is 0 Å². The van der Waals surface area contributed by atoms with E-state index in [1.807, 2.05) is 0 Å². The van der Waals surface area contributed by atoms with Gasteiger partial charge in [-0.25, -0.2) is 0 Å². The van der Waals surface area contributed by atoms with Crippen molar-refractivity contribution in [1.29, 1.82) is 0 Å². The highest BCUT2D eigenvalue weighted by molar-refractivity contribution is 4.87. The van der Waals surface area contributed by atoms with Crippen molar-refractivity contribution in [2.75, 3.05) is 40.3 Å². The van der Waals surface area contributed by atoms with Crippen LogP contribution in [0.15, 0.2) is 0 Å². The van der Waals surface area contributed by atoms with Crippen LogP contribution in [-0.2, 0) is 0 Å². The van der Waals surface area contributed by atoms with Crippen LogP contribution in [0.3, 0.4) is 0 Å². The van der Waals surface area contributed by atoms with Gasteiger partial charge in [0.15, 0.2) is 0 Å². The fourth-order valence-corrected chi connectivity index (χ4v) is 2.95. The predicted octanol–water partition coefficient (Wildman–Crippen LogP) is 2.04. The third kappa shape index (κ3) is 5.25. The summed E-state index contributed by atoms with van der Waals surface area (Å²) in [6.07, 6.45) is 3.92. The first-order chi connectivity index (χ1) is 8.54. The first-order valence-electron chi connectivity index (χ1n) is 7.66. The van der Waals surface area contributed by atoms with Crippen molar-refractivity contribution in [3.8, 4) is 0 Å². The Hall–Kier alpha value is -0.120. The SMILES string of the molecule is CCNC(CCC(C)C)C1CN(C)CCCN1C. The average molecular weight is 255 g/mol. The second-order valence-electron chi connectivity index (χ2n) is 6.30. The molecule has 3 nitrogen and oxygen atoms in total. The molecule has 0 bridgehead atoms. The van der Waals surface area contributed by atoms with E-state index in [0.29, 0.717) is 12.1 Å². The Labute approximate surface area is 114 Å². The van der Waals surface area contributed by atoms with Crippen LogP contribution in [0.25, 0.3) is 0 Å². The molecule has 0 aromatic carbocycles. The lowest BCUT2D eigenvalue weighted by Gasteiger charge is -2.35. The van der Waals surface area contributed by atoms with Crippen LogP contribution < -0.4 is 5.32 Å². The molecule has 2 atom stereocenters. The number of nitrogens with one attached hydrogen (secondary N) is 1. The van der Waals surface area contributed by atoms with Crippen LogP contribution in [0.1, 0.15) is 40.0 Å². The highest BCUT2D eigenvalue weighted by Gasteiger charge is 2.27. The van der Waals surface area contributed by atoms with Crippen molar-refractivity contribution in [3.05, 3.63) is 0 Å². The largest absolute Gasteiger partial charge is 0.313 e. The predicted molar refractivity (Wildman–Crippen MR) is 80.1 cm³/mol. The van der Waals surface area contributed by atoms with Crippen LogP contribution >= 0.6 is 0 Å². The van der Waals surface area contributed by atoms with Crippen LogP contribution in [0.2, 0.25) is 0 Å². The molecular weight excluding hydrogens is 222 g/mol. The lowest BCUT2D eigenvalue weighted by atomic mass is 9.97. The van der Waals surface area contributed by atoms with Crippen LogP contribution in [0, 0.1) is 5.92 Å². The van der Waals surface area contributed by atoms with Crippen molar-refractivity contribution in [1.82, 2.24) is 15.1 Å². The van der Waals surface area contributed by atoms with Gasteiger partial charge >= 0.3 is 0 Å². The average Bonchev–Trinajstić information content (AvgIpc) is 2.46. The lowest BCUT2D eigenvalue weighted by Crippen LogP contribution is -2.52. The summed E-state index contributed by atoms with van der Waals surface area (Å²) < 4.78 is 0. The zero-order valence-electron chi connectivity index (χ0n) is 13.1. The number of nitrogens with zero attached hydrogens (tertiary/aromatic N) is 2. The van der Waals surface area contributed by atoms with E-state index in [1.165, 1.54) is 38.9 Å². The van der Waals surface area contributed by atoms with Crippen molar-refractivity contribution in [3.63, 3.8) is 0 Å². The fraction of sp³-hybridized carbons (Fsp3) is 1.00. The zero-order valence-corrected chi connectivity index (χ0v) is 13.1. The maximum Gasteiger partial charge on any atom is 0.0373 e. The molecule has 1 saturated heterocycles. The minimum absolute atomic E-state index is 0.642. The summed E-state index contributed by atoms with van der Waals surface area (Å²) in [5.74, 6) is 0.806. The first kappa shape index (κ1) is 15.9. The Morgan fingerprint density at radius 2 is 1.89 bits per heavy atom. The van der Waals surface area contributed by atoms with Gasteiger partial charge in [-0.15, -0.1) is 0 Å². The molecule has 0 radical (unpaired) electrons. The molecule has 1 aliphatic rings. The topological polar surface area (TPSA) is 18.5 Å². The highest BCUT2D eigenvalue weighted by atomic mass is 15.2. The summed E-state index contributed by atoms with van der Waals surface area (Å²) in [4.78, 5) is 5.06. The van der Waals surface area contributed by atoms with Gasteiger partial charge in [-0.1, -0.05) is 20.8 Å². The molecule has 1 rings (SSSR count). The Bertz CT molecular complexity index is 218. The van der Waals surface area contributed by atoms with E-state index >= 15 is 0 Å². The Balaban J connectivity index is 2.61. The molecule has 1 N–H and O–H groups in total. The van der Waals surface area contributed by atoms with Crippen LogP contribution in [0.4, 0.5) is 0 Å². The number of hydrogen-bond donors (Lipinski definition) is 1. The zero-order chi connectivity index (χ0) is 13.5. The quantitative estimate of drug-likeness (QED) is 0.783. The number of hydrogen-bond acceptors (Lipinski definition) is 3. The second-order valence-corrected chi connectivity index (χ2v) is 6.30. The van der Waals surface area contributed by atoms with Gasteiger partial charge < -0.3 is 15.1 Å². The third-order valence-corrected chi connectivity index (χ3v) is 4.10. The Morgan fingerprint density at radius 1 is 1.17 bits per heavy atom. The summed E-state index contributed by atoms with van der Waals surface area (Å²) in [5.41, 5.74) is 0. The summed E-state index contributed by atoms with van der Waals surface area (Å²) in [7, 11) is 4.56. The molecule has 18 heavy (non-hydrogen) atoms. The summed E-state index contributed by atoms with van der Waals surface area (Å²) in [6.45, 7) is 11.6. The van der Waals surface area contributed by atoms with E-state index < -0.39 is 0 Å². The molecule has 0 spiro atoms. The monoisotopic (exact) mass is 255 g/mol. The van der Waals surface area contributed by atoms with Crippen molar-refractivity contribution < 1.29 is 0 Å². The van der Waals surface area contributed by atoms with Gasteiger partial charge in [0.05, 0.1) is 0 Å². The Kier molecular flexibility index (Phi) is 7.20. The highest BCUT2D eigenvalue weighted by Crippen LogP contribution is 2.16. The van der Waals surface area contributed by atoms with Crippen molar-refractivity contribution in [2.24, 2.45) is 5.92 Å². The maximum absolute atomic E-state index is 3.72. The fourth-order valence-electron chi connectivity index (χ4n) is 2.95. The molecule has 0 saturated carbocycles. The minimum Gasteiger partial charge on any atom is -0.313 e. The van der Waals surface area contributed by atoms with Crippen molar-refractivity contribution >= 4 is 0 Å². The molecule has 3 heteroatoms.